The second-order valence-corrected chi connectivity index (χ2v) is 4.70. The molecule has 3 nitrogen and oxygen atoms in total. The van der Waals surface area contributed by atoms with Gasteiger partial charge in [-0.05, 0) is 43.3 Å². The molecule has 1 heterocycles. The number of hydrogen-bond donors (Lipinski definition) is 1. The van der Waals surface area contributed by atoms with Crippen molar-refractivity contribution in [1.29, 1.82) is 0 Å². The summed E-state index contributed by atoms with van der Waals surface area (Å²) in [4.78, 5) is 0. The van der Waals surface area contributed by atoms with Gasteiger partial charge < -0.3 is 26.9 Å². The van der Waals surface area contributed by atoms with E-state index in [9.17, 15) is 0 Å². The zero-order valence-corrected chi connectivity index (χ0v) is 13.1. The third kappa shape index (κ3) is 4.17. The standard InChI is InChI=1S/C15H18ClNO2.ClH/c1-3-8-17-10-12-5-7-14(19-12)11-4-6-15(18-2)13(16)9-11;/h4-7,9,17H,3,8,10H2,1-2H3;1H/p-1. The monoisotopic (exact) mass is 314 g/mol. The topological polar surface area (TPSA) is 34.4 Å². The molecule has 0 unspecified atom stereocenters. The molecule has 1 aromatic carbocycles. The first kappa shape index (κ1) is 16.9. The van der Waals surface area contributed by atoms with Crippen LogP contribution in [0.3, 0.4) is 0 Å². The molecular weight excluding hydrogens is 297 g/mol. The van der Waals surface area contributed by atoms with E-state index in [-0.39, 0.29) is 12.4 Å². The summed E-state index contributed by atoms with van der Waals surface area (Å²) < 4.78 is 10.9. The van der Waals surface area contributed by atoms with Crippen molar-refractivity contribution in [3.05, 3.63) is 41.1 Å². The Morgan fingerprint density at radius 2 is 2.05 bits per heavy atom. The van der Waals surface area contributed by atoms with Crippen LogP contribution in [0.1, 0.15) is 19.1 Å². The number of methoxy groups -OCH3 is 1. The third-order valence-electron chi connectivity index (χ3n) is 2.82. The maximum atomic E-state index is 6.11. The Morgan fingerprint density at radius 1 is 1.25 bits per heavy atom. The number of furan rings is 1. The van der Waals surface area contributed by atoms with Crippen LogP contribution in [0.25, 0.3) is 11.3 Å². The second kappa shape index (κ2) is 8.20. The average molecular weight is 315 g/mol. The minimum atomic E-state index is 0. The molecule has 0 saturated heterocycles. The van der Waals surface area contributed by atoms with Gasteiger partial charge in [0.05, 0.1) is 18.7 Å². The Labute approximate surface area is 130 Å². The molecule has 2 rings (SSSR count). The van der Waals surface area contributed by atoms with Crippen LogP contribution in [-0.2, 0) is 6.54 Å². The van der Waals surface area contributed by atoms with Crippen molar-refractivity contribution in [3.8, 4) is 17.1 Å². The van der Waals surface area contributed by atoms with Crippen LogP contribution in [-0.4, -0.2) is 13.7 Å². The summed E-state index contributed by atoms with van der Waals surface area (Å²) in [6.45, 7) is 3.88. The molecule has 1 aromatic heterocycles. The van der Waals surface area contributed by atoms with Crippen LogP contribution in [0.15, 0.2) is 34.7 Å². The summed E-state index contributed by atoms with van der Waals surface area (Å²) in [5.41, 5.74) is 0.951. The van der Waals surface area contributed by atoms with Gasteiger partial charge in [0.1, 0.15) is 17.3 Å². The highest BCUT2D eigenvalue weighted by atomic mass is 35.5. The van der Waals surface area contributed by atoms with Crippen molar-refractivity contribution in [2.24, 2.45) is 0 Å². The molecule has 1 N–H and O–H groups in total. The Hall–Kier alpha value is -1.16. The Bertz CT molecular complexity index is 540. The molecule has 0 atom stereocenters. The van der Waals surface area contributed by atoms with Crippen LogP contribution in [0.2, 0.25) is 5.02 Å². The van der Waals surface area contributed by atoms with Gasteiger partial charge in [0.2, 0.25) is 0 Å². The van der Waals surface area contributed by atoms with Crippen LogP contribution < -0.4 is 22.5 Å². The molecule has 0 radical (unpaired) electrons. The fraction of sp³-hybridized carbons (Fsp3) is 0.333. The summed E-state index contributed by atoms with van der Waals surface area (Å²) in [6.07, 6.45) is 1.11. The van der Waals surface area contributed by atoms with Gasteiger partial charge in [-0.2, -0.15) is 0 Å². The SMILES string of the molecule is CCCNCc1ccc(-c2ccc(OC)c(Cl)c2)o1.[Cl-]. The smallest absolute Gasteiger partial charge is 0.137 e. The molecule has 0 bridgehead atoms. The number of halogens is 2. The Balaban J connectivity index is 0.00000200. The van der Waals surface area contributed by atoms with Crippen molar-refractivity contribution in [1.82, 2.24) is 5.32 Å². The number of nitrogens with one attached hydrogen (secondary N) is 1. The van der Waals surface area contributed by atoms with E-state index in [0.29, 0.717) is 10.8 Å². The molecule has 0 aliphatic rings. The lowest BCUT2D eigenvalue weighted by atomic mass is 10.2. The maximum Gasteiger partial charge on any atom is 0.137 e. The minimum absolute atomic E-state index is 0. The van der Waals surface area contributed by atoms with Crippen LogP contribution in [0.4, 0.5) is 0 Å². The van der Waals surface area contributed by atoms with Crippen molar-refractivity contribution in [3.63, 3.8) is 0 Å². The van der Waals surface area contributed by atoms with Crippen LogP contribution >= 0.6 is 11.6 Å². The van der Waals surface area contributed by atoms with Gasteiger partial charge in [0, 0.05) is 5.56 Å². The lowest BCUT2D eigenvalue weighted by Crippen LogP contribution is -3.00. The fourth-order valence-corrected chi connectivity index (χ4v) is 2.09. The summed E-state index contributed by atoms with van der Waals surface area (Å²) in [5.74, 6) is 2.41. The van der Waals surface area contributed by atoms with E-state index in [1.165, 1.54) is 0 Å². The van der Waals surface area contributed by atoms with Gasteiger partial charge >= 0.3 is 0 Å². The van der Waals surface area contributed by atoms with Crippen molar-refractivity contribution in [2.75, 3.05) is 13.7 Å². The molecule has 5 heteroatoms. The van der Waals surface area contributed by atoms with Crippen molar-refractivity contribution < 1.29 is 21.6 Å². The van der Waals surface area contributed by atoms with Gasteiger partial charge in [-0.15, -0.1) is 0 Å². The predicted molar refractivity (Wildman–Crippen MR) is 77.7 cm³/mol. The lowest BCUT2D eigenvalue weighted by Gasteiger charge is -2.04. The van der Waals surface area contributed by atoms with Gasteiger partial charge in [0.25, 0.3) is 0 Å². The molecule has 20 heavy (non-hydrogen) atoms. The van der Waals surface area contributed by atoms with E-state index in [1.807, 2.05) is 30.3 Å². The largest absolute Gasteiger partial charge is 1.00 e. The molecule has 2 aromatic rings. The van der Waals surface area contributed by atoms with Gasteiger partial charge in [-0.3, -0.25) is 0 Å². The van der Waals surface area contributed by atoms with E-state index in [0.717, 1.165) is 36.6 Å². The quantitative estimate of drug-likeness (QED) is 0.811. The highest BCUT2D eigenvalue weighted by Gasteiger charge is 2.07. The molecule has 0 aliphatic carbocycles. The number of hydrogen-bond acceptors (Lipinski definition) is 3. The van der Waals surface area contributed by atoms with E-state index < -0.39 is 0 Å². The van der Waals surface area contributed by atoms with E-state index in [4.69, 9.17) is 20.8 Å². The fourth-order valence-electron chi connectivity index (χ4n) is 1.84. The normalized spacial score (nSPS) is 10.2. The highest BCUT2D eigenvalue weighted by molar-refractivity contribution is 6.32. The lowest BCUT2D eigenvalue weighted by molar-refractivity contribution is -0.00000472. The maximum absolute atomic E-state index is 6.11. The summed E-state index contributed by atoms with van der Waals surface area (Å²) >= 11 is 6.11. The first-order valence-electron chi connectivity index (χ1n) is 6.38. The Kier molecular flexibility index (Phi) is 6.93. The first-order chi connectivity index (χ1) is 9.24. The minimum Gasteiger partial charge on any atom is -1.00 e. The highest BCUT2D eigenvalue weighted by Crippen LogP contribution is 2.30. The van der Waals surface area contributed by atoms with Gasteiger partial charge in [-0.1, -0.05) is 18.5 Å². The summed E-state index contributed by atoms with van der Waals surface area (Å²) in [5, 5.41) is 3.89. The van der Waals surface area contributed by atoms with Crippen molar-refractivity contribution >= 4 is 11.6 Å². The molecule has 110 valence electrons. The predicted octanol–water partition coefficient (Wildman–Crippen LogP) is 1.11. The van der Waals surface area contributed by atoms with Gasteiger partial charge in [-0.25, -0.2) is 0 Å². The second-order valence-electron chi connectivity index (χ2n) is 4.29. The number of ether oxygens (including phenoxy) is 1. The molecule has 0 spiro atoms. The number of rotatable bonds is 6. The molecular formula is C15H18Cl2NO2-. The van der Waals surface area contributed by atoms with Crippen LogP contribution in [0, 0.1) is 0 Å². The molecule has 0 aliphatic heterocycles. The molecule has 0 fully saturated rings. The Morgan fingerprint density at radius 3 is 2.70 bits per heavy atom. The van der Waals surface area contributed by atoms with Crippen molar-refractivity contribution in [2.45, 2.75) is 19.9 Å². The zero-order chi connectivity index (χ0) is 13.7. The van der Waals surface area contributed by atoms with Crippen LogP contribution in [0.5, 0.6) is 5.75 Å². The van der Waals surface area contributed by atoms with Gasteiger partial charge in [0.15, 0.2) is 0 Å². The third-order valence-corrected chi connectivity index (χ3v) is 3.12. The molecule has 0 amide bonds. The summed E-state index contributed by atoms with van der Waals surface area (Å²) in [7, 11) is 1.60. The van der Waals surface area contributed by atoms with E-state index in [2.05, 4.69) is 12.2 Å². The number of benzene rings is 1. The van der Waals surface area contributed by atoms with E-state index in [1.54, 1.807) is 7.11 Å². The van der Waals surface area contributed by atoms with E-state index >= 15 is 0 Å². The summed E-state index contributed by atoms with van der Waals surface area (Å²) in [6, 6.07) is 9.57. The zero-order valence-electron chi connectivity index (χ0n) is 11.6. The first-order valence-corrected chi connectivity index (χ1v) is 6.75. The average Bonchev–Trinajstić information content (AvgIpc) is 2.88. The molecule has 0 saturated carbocycles.